The molecule has 0 fully saturated rings. The highest BCUT2D eigenvalue weighted by Gasteiger charge is 2.16. The molecule has 17 heavy (non-hydrogen) atoms. The standard InChI is InChI=1S/C10H15ClN2O3S/c1-3-4-7(2)13-10(14)9-5-8(6-12-9)17(11,15)16/h5-7,12H,3-4H2,1-2H3,(H,13,14). The topological polar surface area (TPSA) is 79.0 Å². The van der Waals surface area contributed by atoms with Gasteiger partial charge in [-0.15, -0.1) is 0 Å². The van der Waals surface area contributed by atoms with Gasteiger partial charge in [-0.1, -0.05) is 13.3 Å². The van der Waals surface area contributed by atoms with E-state index in [4.69, 9.17) is 10.7 Å². The monoisotopic (exact) mass is 278 g/mol. The molecule has 0 saturated carbocycles. The Morgan fingerprint density at radius 3 is 2.71 bits per heavy atom. The molecule has 0 saturated heterocycles. The SMILES string of the molecule is CCCC(C)NC(=O)c1cc(S(=O)(=O)Cl)c[nH]1. The molecule has 1 amide bonds. The average Bonchev–Trinajstić information content (AvgIpc) is 2.65. The van der Waals surface area contributed by atoms with Crippen molar-refractivity contribution in [2.45, 2.75) is 37.6 Å². The molecular formula is C10H15ClN2O3S. The molecule has 5 nitrogen and oxygen atoms in total. The molecule has 1 unspecified atom stereocenters. The highest BCUT2D eigenvalue weighted by atomic mass is 35.7. The van der Waals surface area contributed by atoms with Crippen LogP contribution in [0.5, 0.6) is 0 Å². The summed E-state index contributed by atoms with van der Waals surface area (Å²) < 4.78 is 22.0. The van der Waals surface area contributed by atoms with Crippen molar-refractivity contribution in [3.63, 3.8) is 0 Å². The first-order chi connectivity index (χ1) is 7.84. The van der Waals surface area contributed by atoms with Gasteiger partial charge in [0.1, 0.15) is 10.6 Å². The Bertz CT molecular complexity index is 495. The van der Waals surface area contributed by atoms with Gasteiger partial charge in [-0.3, -0.25) is 4.79 Å². The molecule has 0 aliphatic carbocycles. The van der Waals surface area contributed by atoms with E-state index in [-0.39, 0.29) is 22.5 Å². The number of rotatable bonds is 5. The normalized spacial score (nSPS) is 13.4. The molecular weight excluding hydrogens is 264 g/mol. The molecule has 1 aromatic rings. The molecule has 0 radical (unpaired) electrons. The maximum atomic E-state index is 11.7. The molecule has 0 bridgehead atoms. The molecule has 1 rings (SSSR count). The number of halogens is 1. The fraction of sp³-hybridized carbons (Fsp3) is 0.500. The molecule has 0 aromatic carbocycles. The van der Waals surface area contributed by atoms with Gasteiger partial charge >= 0.3 is 0 Å². The van der Waals surface area contributed by atoms with E-state index < -0.39 is 9.05 Å². The largest absolute Gasteiger partial charge is 0.356 e. The minimum absolute atomic E-state index is 0.0480. The zero-order valence-electron chi connectivity index (χ0n) is 9.66. The summed E-state index contributed by atoms with van der Waals surface area (Å²) in [5.74, 6) is -0.336. The summed E-state index contributed by atoms with van der Waals surface area (Å²) in [7, 11) is 1.36. The lowest BCUT2D eigenvalue weighted by Crippen LogP contribution is -2.32. The van der Waals surface area contributed by atoms with Crippen LogP contribution in [0.25, 0.3) is 0 Å². The van der Waals surface area contributed by atoms with Gasteiger partial charge in [0.15, 0.2) is 0 Å². The van der Waals surface area contributed by atoms with Crippen LogP contribution in [0.4, 0.5) is 0 Å². The summed E-state index contributed by atoms with van der Waals surface area (Å²) in [6.07, 6.45) is 3.03. The number of H-pyrrole nitrogens is 1. The third-order valence-electron chi connectivity index (χ3n) is 2.28. The van der Waals surface area contributed by atoms with Crippen molar-refractivity contribution in [3.05, 3.63) is 18.0 Å². The van der Waals surface area contributed by atoms with Crippen LogP contribution in [0.15, 0.2) is 17.2 Å². The van der Waals surface area contributed by atoms with Crippen molar-refractivity contribution >= 4 is 25.6 Å². The van der Waals surface area contributed by atoms with Crippen LogP contribution in [-0.4, -0.2) is 25.4 Å². The van der Waals surface area contributed by atoms with Gasteiger partial charge in [0.25, 0.3) is 15.0 Å². The molecule has 1 heterocycles. The predicted molar refractivity (Wildman–Crippen MR) is 65.7 cm³/mol. The molecule has 0 aliphatic rings. The summed E-state index contributed by atoms with van der Waals surface area (Å²) in [6.45, 7) is 3.92. The van der Waals surface area contributed by atoms with Crippen molar-refractivity contribution < 1.29 is 13.2 Å². The van der Waals surface area contributed by atoms with E-state index in [0.717, 1.165) is 12.8 Å². The van der Waals surface area contributed by atoms with E-state index in [2.05, 4.69) is 10.3 Å². The fourth-order valence-corrected chi connectivity index (χ4v) is 2.18. The summed E-state index contributed by atoms with van der Waals surface area (Å²) >= 11 is 0. The number of aromatic nitrogens is 1. The van der Waals surface area contributed by atoms with Crippen LogP contribution in [0.3, 0.4) is 0 Å². The van der Waals surface area contributed by atoms with Gasteiger partial charge in [0.2, 0.25) is 0 Å². The van der Waals surface area contributed by atoms with Crippen molar-refractivity contribution in [2.75, 3.05) is 0 Å². The summed E-state index contributed by atoms with van der Waals surface area (Å²) in [5.41, 5.74) is 0.187. The van der Waals surface area contributed by atoms with Crippen LogP contribution in [-0.2, 0) is 9.05 Å². The van der Waals surface area contributed by atoms with Gasteiger partial charge in [-0.2, -0.15) is 0 Å². The van der Waals surface area contributed by atoms with Crippen LogP contribution < -0.4 is 5.32 Å². The van der Waals surface area contributed by atoms with Crippen molar-refractivity contribution in [1.82, 2.24) is 10.3 Å². The fourth-order valence-electron chi connectivity index (χ4n) is 1.45. The zero-order valence-corrected chi connectivity index (χ0v) is 11.2. The van der Waals surface area contributed by atoms with E-state index in [1.165, 1.54) is 12.3 Å². The molecule has 1 atom stereocenters. The first-order valence-electron chi connectivity index (χ1n) is 5.28. The highest BCUT2D eigenvalue weighted by molar-refractivity contribution is 8.13. The lowest BCUT2D eigenvalue weighted by atomic mass is 10.2. The Kier molecular flexibility index (Phi) is 4.59. The maximum Gasteiger partial charge on any atom is 0.267 e. The second kappa shape index (κ2) is 5.55. The lowest BCUT2D eigenvalue weighted by molar-refractivity contribution is 0.0934. The number of carbonyl (C=O) groups is 1. The second-order valence-electron chi connectivity index (χ2n) is 3.85. The summed E-state index contributed by atoms with van der Waals surface area (Å²) in [4.78, 5) is 14.2. The number of nitrogens with one attached hydrogen (secondary N) is 2. The first-order valence-corrected chi connectivity index (χ1v) is 7.59. The lowest BCUT2D eigenvalue weighted by Gasteiger charge is -2.11. The Hall–Kier alpha value is -1.01. The molecule has 1 aromatic heterocycles. The first kappa shape index (κ1) is 14.1. The third kappa shape index (κ3) is 4.05. The molecule has 0 spiro atoms. The van der Waals surface area contributed by atoms with Crippen LogP contribution in [0, 0.1) is 0 Å². The van der Waals surface area contributed by atoms with E-state index in [1.807, 2.05) is 13.8 Å². The van der Waals surface area contributed by atoms with Gasteiger partial charge in [-0.25, -0.2) is 8.42 Å². The predicted octanol–water partition coefficient (Wildman–Crippen LogP) is 1.86. The van der Waals surface area contributed by atoms with Gasteiger partial charge < -0.3 is 10.3 Å². The molecule has 96 valence electrons. The van der Waals surface area contributed by atoms with Gasteiger partial charge in [0, 0.05) is 22.9 Å². The van der Waals surface area contributed by atoms with E-state index >= 15 is 0 Å². The number of hydrogen-bond donors (Lipinski definition) is 2. The van der Waals surface area contributed by atoms with Crippen molar-refractivity contribution in [2.24, 2.45) is 0 Å². The van der Waals surface area contributed by atoms with E-state index in [0.29, 0.717) is 0 Å². The third-order valence-corrected chi connectivity index (χ3v) is 3.62. The van der Waals surface area contributed by atoms with Crippen molar-refractivity contribution in [3.8, 4) is 0 Å². The number of amides is 1. The van der Waals surface area contributed by atoms with Gasteiger partial charge in [0.05, 0.1) is 0 Å². The van der Waals surface area contributed by atoms with Crippen molar-refractivity contribution in [1.29, 1.82) is 0 Å². The Morgan fingerprint density at radius 2 is 2.24 bits per heavy atom. The zero-order chi connectivity index (χ0) is 13.1. The highest BCUT2D eigenvalue weighted by Crippen LogP contribution is 2.15. The summed E-state index contributed by atoms with van der Waals surface area (Å²) in [6, 6.07) is 1.27. The molecule has 7 heteroatoms. The Labute approximate surface area is 105 Å². The van der Waals surface area contributed by atoms with Crippen LogP contribution in [0.2, 0.25) is 0 Å². The number of aromatic amines is 1. The minimum atomic E-state index is -3.79. The Morgan fingerprint density at radius 1 is 1.59 bits per heavy atom. The van der Waals surface area contributed by atoms with E-state index in [9.17, 15) is 13.2 Å². The Balaban J connectivity index is 2.74. The average molecular weight is 279 g/mol. The van der Waals surface area contributed by atoms with Crippen LogP contribution in [0.1, 0.15) is 37.2 Å². The molecule has 0 aliphatic heterocycles. The minimum Gasteiger partial charge on any atom is -0.356 e. The smallest absolute Gasteiger partial charge is 0.267 e. The number of carbonyl (C=O) groups excluding carboxylic acids is 1. The second-order valence-corrected chi connectivity index (χ2v) is 6.42. The quantitative estimate of drug-likeness (QED) is 0.807. The maximum absolute atomic E-state index is 11.7. The van der Waals surface area contributed by atoms with Crippen LogP contribution >= 0.6 is 10.7 Å². The summed E-state index contributed by atoms with van der Waals surface area (Å²) in [5, 5.41) is 2.75. The van der Waals surface area contributed by atoms with E-state index in [1.54, 1.807) is 0 Å². The van der Waals surface area contributed by atoms with Gasteiger partial charge in [-0.05, 0) is 19.4 Å². The molecule has 2 N–H and O–H groups in total. The number of hydrogen-bond acceptors (Lipinski definition) is 3.